The van der Waals surface area contributed by atoms with Crippen molar-refractivity contribution >= 4 is 5.97 Å². The maximum absolute atomic E-state index is 11.3. The number of rotatable bonds is 6. The van der Waals surface area contributed by atoms with Gasteiger partial charge in [0, 0.05) is 11.8 Å². The summed E-state index contributed by atoms with van der Waals surface area (Å²) in [6.07, 6.45) is 2.78. The summed E-state index contributed by atoms with van der Waals surface area (Å²) in [5.74, 6) is -0.393. The number of hydrogen-bond donors (Lipinski definition) is 1. The third-order valence-electron chi connectivity index (χ3n) is 2.85. The molecule has 0 aliphatic heterocycles. The number of hydrogen-bond acceptors (Lipinski definition) is 4. The molecule has 106 valence electrons. The first kappa shape index (κ1) is 14.3. The molecule has 2 aromatic rings. The van der Waals surface area contributed by atoms with Gasteiger partial charge in [0.05, 0.1) is 31.9 Å². The fourth-order valence-corrected chi connectivity index (χ4v) is 1.94. The summed E-state index contributed by atoms with van der Waals surface area (Å²) in [6, 6.07) is 9.87. The van der Waals surface area contributed by atoms with E-state index < -0.39 is 12.1 Å². The number of nitrogens with zero attached hydrogens (tertiary/aromatic N) is 2. The van der Waals surface area contributed by atoms with Crippen molar-refractivity contribution in [3.63, 3.8) is 0 Å². The summed E-state index contributed by atoms with van der Waals surface area (Å²) < 4.78 is 6.43. The Morgan fingerprint density at radius 1 is 1.35 bits per heavy atom. The Bertz CT molecular complexity index is 551. The second-order valence-corrected chi connectivity index (χ2v) is 4.48. The zero-order valence-corrected chi connectivity index (χ0v) is 11.4. The molecule has 2 rings (SSSR count). The number of aromatic nitrogens is 2. The summed E-state index contributed by atoms with van der Waals surface area (Å²) in [4.78, 5) is 11.3. The number of aliphatic hydroxyl groups is 1. The Balaban J connectivity index is 1.94. The van der Waals surface area contributed by atoms with Crippen LogP contribution in [0.5, 0.6) is 0 Å². The molecule has 0 saturated heterocycles. The average molecular weight is 274 g/mol. The SMILES string of the molecule is CCOC(=O)CC(O)Cn1cc(-c2ccccc2)cn1. The quantitative estimate of drug-likeness (QED) is 0.817. The zero-order chi connectivity index (χ0) is 14.4. The minimum atomic E-state index is -0.794. The van der Waals surface area contributed by atoms with Crippen LogP contribution < -0.4 is 0 Å². The first-order chi connectivity index (χ1) is 9.69. The van der Waals surface area contributed by atoms with Gasteiger partial charge in [0.15, 0.2) is 0 Å². The third kappa shape index (κ3) is 3.93. The first-order valence-corrected chi connectivity index (χ1v) is 6.60. The number of carbonyl (C=O) groups is 1. The lowest BCUT2D eigenvalue weighted by molar-refractivity contribution is -0.145. The Morgan fingerprint density at radius 2 is 2.10 bits per heavy atom. The van der Waals surface area contributed by atoms with Gasteiger partial charge in [-0.15, -0.1) is 0 Å². The predicted octanol–water partition coefficient (Wildman–Crippen LogP) is 1.86. The Labute approximate surface area is 117 Å². The summed E-state index contributed by atoms with van der Waals surface area (Å²) in [7, 11) is 0. The van der Waals surface area contributed by atoms with Crippen molar-refractivity contribution in [1.29, 1.82) is 0 Å². The molecular formula is C15H18N2O3. The van der Waals surface area contributed by atoms with Crippen molar-refractivity contribution in [2.45, 2.75) is 26.0 Å². The molecule has 0 aliphatic rings. The second-order valence-electron chi connectivity index (χ2n) is 4.48. The molecule has 1 atom stereocenters. The zero-order valence-electron chi connectivity index (χ0n) is 11.4. The molecule has 1 unspecified atom stereocenters. The number of carbonyl (C=O) groups excluding carboxylic acids is 1. The molecule has 0 aliphatic carbocycles. The minimum absolute atomic E-state index is 0.0195. The van der Waals surface area contributed by atoms with Gasteiger partial charge in [0.25, 0.3) is 0 Å². The van der Waals surface area contributed by atoms with Crippen LogP contribution in [0.4, 0.5) is 0 Å². The highest BCUT2D eigenvalue weighted by molar-refractivity contribution is 5.69. The third-order valence-corrected chi connectivity index (χ3v) is 2.85. The molecule has 0 fully saturated rings. The summed E-state index contributed by atoms with van der Waals surface area (Å²) in [5, 5.41) is 14.0. The molecular weight excluding hydrogens is 256 g/mol. The van der Waals surface area contributed by atoms with Crippen LogP contribution in [-0.2, 0) is 16.1 Å². The van der Waals surface area contributed by atoms with Crippen LogP contribution >= 0.6 is 0 Å². The van der Waals surface area contributed by atoms with Crippen LogP contribution in [0.15, 0.2) is 42.7 Å². The van der Waals surface area contributed by atoms with Gasteiger partial charge in [-0.2, -0.15) is 5.10 Å². The normalized spacial score (nSPS) is 12.1. The molecule has 0 saturated carbocycles. The van der Waals surface area contributed by atoms with Gasteiger partial charge in [-0.05, 0) is 12.5 Å². The Hall–Kier alpha value is -2.14. The van der Waals surface area contributed by atoms with Gasteiger partial charge in [-0.1, -0.05) is 30.3 Å². The number of ether oxygens (including phenoxy) is 1. The van der Waals surface area contributed by atoms with Crippen LogP contribution in [0.1, 0.15) is 13.3 Å². The van der Waals surface area contributed by atoms with Gasteiger partial charge < -0.3 is 9.84 Å². The largest absolute Gasteiger partial charge is 0.466 e. The minimum Gasteiger partial charge on any atom is -0.466 e. The molecule has 0 radical (unpaired) electrons. The van der Waals surface area contributed by atoms with Crippen molar-refractivity contribution in [3.8, 4) is 11.1 Å². The predicted molar refractivity (Wildman–Crippen MR) is 74.9 cm³/mol. The molecule has 5 heteroatoms. The molecule has 1 aromatic carbocycles. The van der Waals surface area contributed by atoms with E-state index >= 15 is 0 Å². The molecule has 5 nitrogen and oxygen atoms in total. The van der Waals surface area contributed by atoms with E-state index in [4.69, 9.17) is 4.74 Å². The summed E-state index contributed by atoms with van der Waals surface area (Å²) >= 11 is 0. The summed E-state index contributed by atoms with van der Waals surface area (Å²) in [6.45, 7) is 2.33. The lowest BCUT2D eigenvalue weighted by atomic mass is 10.1. The number of aliphatic hydroxyl groups excluding tert-OH is 1. The lowest BCUT2D eigenvalue weighted by Gasteiger charge is -2.09. The molecule has 1 heterocycles. The van der Waals surface area contributed by atoms with Crippen molar-refractivity contribution in [1.82, 2.24) is 9.78 Å². The highest BCUT2D eigenvalue weighted by Crippen LogP contribution is 2.17. The van der Waals surface area contributed by atoms with Crippen LogP contribution in [0.3, 0.4) is 0 Å². The molecule has 1 aromatic heterocycles. The van der Waals surface area contributed by atoms with E-state index in [-0.39, 0.29) is 13.0 Å². The monoisotopic (exact) mass is 274 g/mol. The summed E-state index contributed by atoms with van der Waals surface area (Å²) in [5.41, 5.74) is 2.05. The highest BCUT2D eigenvalue weighted by atomic mass is 16.5. The van der Waals surface area contributed by atoms with Crippen LogP contribution in [0, 0.1) is 0 Å². The number of esters is 1. The average Bonchev–Trinajstić information content (AvgIpc) is 2.88. The highest BCUT2D eigenvalue weighted by Gasteiger charge is 2.13. The topological polar surface area (TPSA) is 64.3 Å². The Morgan fingerprint density at radius 3 is 2.80 bits per heavy atom. The maximum Gasteiger partial charge on any atom is 0.308 e. The van der Waals surface area contributed by atoms with E-state index in [0.717, 1.165) is 11.1 Å². The van der Waals surface area contributed by atoms with Gasteiger partial charge in [0.2, 0.25) is 0 Å². The van der Waals surface area contributed by atoms with E-state index in [2.05, 4.69) is 5.10 Å². The molecule has 20 heavy (non-hydrogen) atoms. The van der Waals surface area contributed by atoms with Gasteiger partial charge in [0.1, 0.15) is 0 Å². The Kier molecular flexibility index (Phi) is 4.90. The second kappa shape index (κ2) is 6.86. The van der Waals surface area contributed by atoms with Crippen molar-refractivity contribution in [3.05, 3.63) is 42.7 Å². The van der Waals surface area contributed by atoms with Crippen LogP contribution in [-0.4, -0.2) is 33.6 Å². The molecule has 0 bridgehead atoms. The number of benzene rings is 1. The smallest absolute Gasteiger partial charge is 0.308 e. The molecule has 0 amide bonds. The van der Waals surface area contributed by atoms with Crippen molar-refractivity contribution in [2.75, 3.05) is 6.61 Å². The molecule has 0 spiro atoms. The van der Waals surface area contributed by atoms with E-state index in [1.165, 1.54) is 0 Å². The van der Waals surface area contributed by atoms with E-state index in [9.17, 15) is 9.90 Å². The fourth-order valence-electron chi connectivity index (χ4n) is 1.94. The van der Waals surface area contributed by atoms with E-state index in [1.54, 1.807) is 17.8 Å². The standard InChI is InChI=1S/C15H18N2O3/c1-2-20-15(19)8-14(18)11-17-10-13(9-16-17)12-6-4-3-5-7-12/h3-7,9-10,14,18H,2,8,11H2,1H3. The van der Waals surface area contributed by atoms with E-state index in [1.807, 2.05) is 36.5 Å². The maximum atomic E-state index is 11.3. The van der Waals surface area contributed by atoms with Crippen LogP contribution in [0.2, 0.25) is 0 Å². The van der Waals surface area contributed by atoms with Gasteiger partial charge in [-0.25, -0.2) is 0 Å². The lowest BCUT2D eigenvalue weighted by Crippen LogP contribution is -2.21. The first-order valence-electron chi connectivity index (χ1n) is 6.60. The van der Waals surface area contributed by atoms with Gasteiger partial charge >= 0.3 is 5.97 Å². The van der Waals surface area contributed by atoms with Crippen molar-refractivity contribution < 1.29 is 14.6 Å². The molecule has 1 N–H and O–H groups in total. The van der Waals surface area contributed by atoms with Crippen LogP contribution in [0.25, 0.3) is 11.1 Å². The fraction of sp³-hybridized carbons (Fsp3) is 0.333. The van der Waals surface area contributed by atoms with Crippen molar-refractivity contribution in [2.24, 2.45) is 0 Å². The van der Waals surface area contributed by atoms with Gasteiger partial charge in [-0.3, -0.25) is 9.48 Å². The van der Waals surface area contributed by atoms with E-state index in [0.29, 0.717) is 6.61 Å².